The van der Waals surface area contributed by atoms with E-state index in [1.54, 1.807) is 0 Å². The Bertz CT molecular complexity index is 623. The van der Waals surface area contributed by atoms with Gasteiger partial charge < -0.3 is 0 Å². The van der Waals surface area contributed by atoms with Gasteiger partial charge in [0.1, 0.15) is 0 Å². The molecular weight excluding hydrogens is 262 g/mol. The summed E-state index contributed by atoms with van der Waals surface area (Å²) in [6, 6.07) is 14.4. The quantitative estimate of drug-likeness (QED) is 0.608. The SMILES string of the molecule is N#Cc1ccc2c(c1)-c1ccc(Br)cc1C2. The fourth-order valence-corrected chi connectivity index (χ4v) is 2.64. The molecule has 0 atom stereocenters. The molecule has 0 saturated heterocycles. The average Bonchev–Trinajstić information content (AvgIpc) is 2.65. The molecule has 0 radical (unpaired) electrons. The number of nitriles is 1. The van der Waals surface area contributed by atoms with Gasteiger partial charge in [-0.15, -0.1) is 0 Å². The summed E-state index contributed by atoms with van der Waals surface area (Å²) in [7, 11) is 0. The van der Waals surface area contributed by atoms with E-state index in [0.717, 1.165) is 16.5 Å². The van der Waals surface area contributed by atoms with Gasteiger partial charge in [-0.05, 0) is 52.9 Å². The lowest BCUT2D eigenvalue weighted by Crippen LogP contribution is -1.81. The smallest absolute Gasteiger partial charge is 0.0991 e. The van der Waals surface area contributed by atoms with Crippen molar-refractivity contribution in [1.82, 2.24) is 0 Å². The van der Waals surface area contributed by atoms with E-state index < -0.39 is 0 Å². The first-order valence-electron chi connectivity index (χ1n) is 5.10. The van der Waals surface area contributed by atoms with E-state index in [-0.39, 0.29) is 0 Å². The normalized spacial score (nSPS) is 11.8. The molecule has 2 aromatic rings. The maximum atomic E-state index is 8.90. The molecule has 0 aliphatic heterocycles. The third kappa shape index (κ3) is 1.36. The van der Waals surface area contributed by atoms with E-state index in [1.807, 2.05) is 18.2 Å². The fourth-order valence-electron chi connectivity index (χ4n) is 2.23. The van der Waals surface area contributed by atoms with Crippen LogP contribution >= 0.6 is 15.9 Å². The topological polar surface area (TPSA) is 23.8 Å². The number of rotatable bonds is 0. The molecule has 0 bridgehead atoms. The van der Waals surface area contributed by atoms with Crippen molar-refractivity contribution in [3.05, 3.63) is 57.6 Å². The van der Waals surface area contributed by atoms with Crippen LogP contribution in [0.2, 0.25) is 0 Å². The van der Waals surface area contributed by atoms with Gasteiger partial charge in [0.25, 0.3) is 0 Å². The standard InChI is InChI=1S/C14H8BrN/c15-12-3-4-13-11(7-12)6-10-2-1-9(8-16)5-14(10)13/h1-5,7H,6H2. The molecule has 2 aromatic carbocycles. The van der Waals surface area contributed by atoms with Crippen LogP contribution in [0.25, 0.3) is 11.1 Å². The van der Waals surface area contributed by atoms with Crippen molar-refractivity contribution < 1.29 is 0 Å². The Morgan fingerprint density at radius 2 is 1.88 bits per heavy atom. The van der Waals surface area contributed by atoms with E-state index >= 15 is 0 Å². The van der Waals surface area contributed by atoms with Gasteiger partial charge >= 0.3 is 0 Å². The zero-order valence-corrected chi connectivity index (χ0v) is 10.1. The molecule has 0 aromatic heterocycles. The van der Waals surface area contributed by atoms with Gasteiger partial charge in [-0.2, -0.15) is 5.26 Å². The van der Waals surface area contributed by atoms with Crippen LogP contribution in [0.1, 0.15) is 16.7 Å². The summed E-state index contributed by atoms with van der Waals surface area (Å²) in [6.07, 6.45) is 0.968. The van der Waals surface area contributed by atoms with Crippen LogP contribution in [0.3, 0.4) is 0 Å². The van der Waals surface area contributed by atoms with Gasteiger partial charge in [0.2, 0.25) is 0 Å². The van der Waals surface area contributed by atoms with Crippen molar-refractivity contribution >= 4 is 15.9 Å². The summed E-state index contributed by atoms with van der Waals surface area (Å²) in [5, 5.41) is 8.90. The van der Waals surface area contributed by atoms with Crippen molar-refractivity contribution in [2.24, 2.45) is 0 Å². The van der Waals surface area contributed by atoms with Crippen LogP contribution in [0.4, 0.5) is 0 Å². The first-order chi connectivity index (χ1) is 7.78. The Balaban J connectivity index is 2.24. The van der Waals surface area contributed by atoms with Gasteiger partial charge in [0.05, 0.1) is 11.6 Å². The maximum absolute atomic E-state index is 8.90. The molecule has 16 heavy (non-hydrogen) atoms. The number of benzene rings is 2. The molecule has 0 fully saturated rings. The summed E-state index contributed by atoms with van der Waals surface area (Å²) < 4.78 is 1.11. The Hall–Kier alpha value is -1.59. The molecule has 0 saturated carbocycles. The third-order valence-corrected chi connectivity index (χ3v) is 3.47. The minimum Gasteiger partial charge on any atom is -0.192 e. The van der Waals surface area contributed by atoms with E-state index in [2.05, 4.69) is 40.2 Å². The van der Waals surface area contributed by atoms with Crippen LogP contribution < -0.4 is 0 Å². The molecule has 0 amide bonds. The van der Waals surface area contributed by atoms with Crippen LogP contribution in [0, 0.1) is 11.3 Å². The minimum atomic E-state index is 0.731. The van der Waals surface area contributed by atoms with Gasteiger partial charge in [-0.3, -0.25) is 0 Å². The first-order valence-corrected chi connectivity index (χ1v) is 5.89. The zero-order valence-electron chi connectivity index (χ0n) is 8.50. The van der Waals surface area contributed by atoms with E-state index in [4.69, 9.17) is 5.26 Å². The molecule has 1 aliphatic rings. The number of hydrogen-bond acceptors (Lipinski definition) is 1. The molecule has 2 heteroatoms. The third-order valence-electron chi connectivity index (χ3n) is 2.98. The number of hydrogen-bond donors (Lipinski definition) is 0. The highest BCUT2D eigenvalue weighted by molar-refractivity contribution is 9.10. The first kappa shape index (κ1) is 9.62. The Kier molecular flexibility index (Phi) is 2.08. The molecule has 0 N–H and O–H groups in total. The summed E-state index contributed by atoms with van der Waals surface area (Å²) >= 11 is 3.49. The molecule has 0 heterocycles. The van der Waals surface area contributed by atoms with Crippen molar-refractivity contribution in [2.75, 3.05) is 0 Å². The monoisotopic (exact) mass is 269 g/mol. The zero-order chi connectivity index (χ0) is 11.1. The molecular formula is C14H8BrN. The van der Waals surface area contributed by atoms with E-state index in [1.165, 1.54) is 22.3 Å². The van der Waals surface area contributed by atoms with Gasteiger partial charge in [0, 0.05) is 4.47 Å². The highest BCUT2D eigenvalue weighted by Gasteiger charge is 2.18. The molecule has 0 unspecified atom stereocenters. The Morgan fingerprint density at radius 3 is 2.69 bits per heavy atom. The highest BCUT2D eigenvalue weighted by atomic mass is 79.9. The second-order valence-corrected chi connectivity index (χ2v) is 4.88. The van der Waals surface area contributed by atoms with Crippen molar-refractivity contribution in [3.8, 4) is 17.2 Å². The van der Waals surface area contributed by atoms with E-state index in [0.29, 0.717) is 0 Å². The Labute approximate surface area is 102 Å². The second kappa shape index (κ2) is 3.47. The average molecular weight is 270 g/mol. The number of halogens is 1. The summed E-state index contributed by atoms with van der Waals surface area (Å²) in [5.74, 6) is 0. The van der Waals surface area contributed by atoms with Gasteiger partial charge in [-0.1, -0.05) is 28.1 Å². The lowest BCUT2D eigenvalue weighted by molar-refractivity contribution is 1.26. The lowest BCUT2D eigenvalue weighted by Gasteiger charge is -2.01. The molecule has 76 valence electrons. The highest BCUT2D eigenvalue weighted by Crippen LogP contribution is 2.38. The number of fused-ring (bicyclic) bond motifs is 3. The van der Waals surface area contributed by atoms with Crippen LogP contribution in [-0.2, 0) is 6.42 Å². The Morgan fingerprint density at radius 1 is 1.00 bits per heavy atom. The van der Waals surface area contributed by atoms with Crippen molar-refractivity contribution in [3.63, 3.8) is 0 Å². The van der Waals surface area contributed by atoms with Crippen molar-refractivity contribution in [1.29, 1.82) is 5.26 Å². The summed E-state index contributed by atoms with van der Waals surface area (Å²) in [6.45, 7) is 0. The minimum absolute atomic E-state index is 0.731. The predicted octanol–water partition coefficient (Wildman–Crippen LogP) is 3.89. The molecule has 0 spiro atoms. The summed E-state index contributed by atoms with van der Waals surface area (Å²) in [5.41, 5.74) is 5.85. The van der Waals surface area contributed by atoms with Crippen LogP contribution in [-0.4, -0.2) is 0 Å². The second-order valence-electron chi connectivity index (χ2n) is 3.96. The predicted molar refractivity (Wildman–Crippen MR) is 67.1 cm³/mol. The molecule has 1 nitrogen and oxygen atoms in total. The van der Waals surface area contributed by atoms with Crippen molar-refractivity contribution in [2.45, 2.75) is 6.42 Å². The largest absolute Gasteiger partial charge is 0.192 e. The van der Waals surface area contributed by atoms with Gasteiger partial charge in [-0.25, -0.2) is 0 Å². The lowest BCUT2D eigenvalue weighted by atomic mass is 10.0. The molecule has 3 rings (SSSR count). The summed E-state index contributed by atoms with van der Waals surface area (Å²) in [4.78, 5) is 0. The molecule has 1 aliphatic carbocycles. The van der Waals surface area contributed by atoms with E-state index in [9.17, 15) is 0 Å². The van der Waals surface area contributed by atoms with Crippen LogP contribution in [0.5, 0.6) is 0 Å². The maximum Gasteiger partial charge on any atom is 0.0991 e. The van der Waals surface area contributed by atoms with Gasteiger partial charge in [0.15, 0.2) is 0 Å². The fraction of sp³-hybridized carbons (Fsp3) is 0.0714. The number of nitrogens with zero attached hydrogens (tertiary/aromatic N) is 1. The van der Waals surface area contributed by atoms with Crippen LogP contribution in [0.15, 0.2) is 40.9 Å².